The average molecular weight is 376 g/mol. The molecule has 2 aromatic rings. The van der Waals surface area contributed by atoms with Gasteiger partial charge in [-0.05, 0) is 23.9 Å². The van der Waals surface area contributed by atoms with Crippen molar-refractivity contribution in [2.45, 2.75) is 24.9 Å². The number of thiophene rings is 1. The van der Waals surface area contributed by atoms with Gasteiger partial charge in [0.15, 0.2) is 11.6 Å². The first kappa shape index (κ1) is 18.3. The summed E-state index contributed by atoms with van der Waals surface area (Å²) in [6.45, 7) is 1.05. The van der Waals surface area contributed by atoms with Crippen LogP contribution in [-0.4, -0.2) is 31.1 Å². The van der Waals surface area contributed by atoms with Crippen LogP contribution in [0.3, 0.4) is 0 Å². The molecule has 3 N–H and O–H groups in total. The van der Waals surface area contributed by atoms with Gasteiger partial charge in [0.05, 0.1) is 17.3 Å². The monoisotopic (exact) mass is 376 g/mol. The quantitative estimate of drug-likeness (QED) is 0.810. The highest BCUT2D eigenvalue weighted by atomic mass is 32.1. The van der Waals surface area contributed by atoms with Crippen molar-refractivity contribution in [3.63, 3.8) is 0 Å². The molecule has 1 saturated heterocycles. The van der Waals surface area contributed by atoms with E-state index in [4.69, 9.17) is 5.73 Å². The molecule has 0 radical (unpaired) electrons. The number of amides is 1. The summed E-state index contributed by atoms with van der Waals surface area (Å²) >= 11 is 1.56. The highest BCUT2D eigenvalue weighted by Gasteiger charge is 2.29. The number of anilines is 1. The summed E-state index contributed by atoms with van der Waals surface area (Å²) in [5, 5.41) is 14.4. The molecule has 2 heterocycles. The molecule has 26 heavy (non-hydrogen) atoms. The number of halogens is 2. The van der Waals surface area contributed by atoms with Crippen molar-refractivity contribution in [3.05, 3.63) is 51.7 Å². The lowest BCUT2D eigenvalue weighted by Gasteiger charge is -2.22. The zero-order chi connectivity index (χ0) is 18.7. The fourth-order valence-corrected chi connectivity index (χ4v) is 3.91. The van der Waals surface area contributed by atoms with Crippen molar-refractivity contribution in [2.24, 2.45) is 5.73 Å². The number of nitrogens with one attached hydrogen (secondary N) is 1. The van der Waals surface area contributed by atoms with Gasteiger partial charge in [0.25, 0.3) is 0 Å². The van der Waals surface area contributed by atoms with Crippen molar-refractivity contribution >= 4 is 22.9 Å². The number of hydrogen-bond acceptors (Lipinski definition) is 5. The predicted octanol–water partition coefficient (Wildman–Crippen LogP) is 2.16. The molecule has 5 nitrogen and oxygen atoms in total. The van der Waals surface area contributed by atoms with E-state index in [1.54, 1.807) is 11.3 Å². The van der Waals surface area contributed by atoms with Crippen molar-refractivity contribution in [3.8, 4) is 6.07 Å². The number of primary amides is 1. The van der Waals surface area contributed by atoms with Crippen LogP contribution in [0.4, 0.5) is 14.5 Å². The standard InChI is InChI=1S/C18H18F2N4OS/c19-14-6-11(9-21)17(8-15(14)20)24-4-3-12(10-24)23-16(18(22)25)7-13-2-1-5-26-13/h1-2,5-6,8,12,16,23H,3-4,7,10H2,(H2,22,25)/t12-,16-/m0/s1. The molecule has 8 heteroatoms. The number of nitriles is 1. The van der Waals surface area contributed by atoms with E-state index in [-0.39, 0.29) is 11.6 Å². The molecule has 1 fully saturated rings. The van der Waals surface area contributed by atoms with E-state index in [0.29, 0.717) is 31.6 Å². The van der Waals surface area contributed by atoms with Crippen molar-refractivity contribution in [1.29, 1.82) is 5.26 Å². The topological polar surface area (TPSA) is 82.2 Å². The van der Waals surface area contributed by atoms with Crippen molar-refractivity contribution < 1.29 is 13.6 Å². The van der Waals surface area contributed by atoms with Gasteiger partial charge < -0.3 is 16.0 Å². The van der Waals surface area contributed by atoms with Crippen LogP contribution < -0.4 is 16.0 Å². The van der Waals surface area contributed by atoms with Gasteiger partial charge in [0.2, 0.25) is 5.91 Å². The third-order valence-corrected chi connectivity index (χ3v) is 5.35. The van der Waals surface area contributed by atoms with Gasteiger partial charge in [0, 0.05) is 36.5 Å². The fourth-order valence-electron chi connectivity index (χ4n) is 3.16. The molecule has 0 spiro atoms. The Bertz CT molecular complexity index is 834. The highest BCUT2D eigenvalue weighted by Crippen LogP contribution is 2.27. The van der Waals surface area contributed by atoms with E-state index >= 15 is 0 Å². The second kappa shape index (κ2) is 7.81. The van der Waals surface area contributed by atoms with Crippen LogP contribution in [0.5, 0.6) is 0 Å². The van der Waals surface area contributed by atoms with E-state index in [1.165, 1.54) is 0 Å². The Morgan fingerprint density at radius 3 is 2.88 bits per heavy atom. The van der Waals surface area contributed by atoms with Crippen LogP contribution in [0.1, 0.15) is 16.9 Å². The lowest BCUT2D eigenvalue weighted by atomic mass is 10.1. The summed E-state index contributed by atoms with van der Waals surface area (Å²) in [6, 6.07) is 7.19. The minimum Gasteiger partial charge on any atom is -0.369 e. The number of benzene rings is 1. The van der Waals surface area contributed by atoms with Crippen LogP contribution in [-0.2, 0) is 11.2 Å². The minimum atomic E-state index is -1.04. The SMILES string of the molecule is N#Cc1cc(F)c(F)cc1N1CC[C@H](N[C@@H](Cc2cccs2)C(N)=O)C1. The summed E-state index contributed by atoms with van der Waals surface area (Å²) in [4.78, 5) is 14.6. The number of rotatable bonds is 6. The zero-order valence-electron chi connectivity index (χ0n) is 13.9. The van der Waals surface area contributed by atoms with Crippen LogP contribution in [0.15, 0.2) is 29.6 Å². The number of hydrogen-bond donors (Lipinski definition) is 2. The Kier molecular flexibility index (Phi) is 5.49. The normalized spacial score (nSPS) is 17.9. The van der Waals surface area contributed by atoms with E-state index in [0.717, 1.165) is 17.0 Å². The van der Waals surface area contributed by atoms with E-state index in [9.17, 15) is 18.8 Å². The zero-order valence-corrected chi connectivity index (χ0v) is 14.7. The summed E-state index contributed by atoms with van der Waals surface area (Å²) in [7, 11) is 0. The first-order valence-electron chi connectivity index (χ1n) is 8.19. The second-order valence-electron chi connectivity index (χ2n) is 6.23. The Morgan fingerprint density at radius 2 is 2.23 bits per heavy atom. The summed E-state index contributed by atoms with van der Waals surface area (Å²) in [6.07, 6.45) is 1.22. The molecule has 1 aromatic carbocycles. The number of carbonyl (C=O) groups is 1. The second-order valence-corrected chi connectivity index (χ2v) is 7.26. The smallest absolute Gasteiger partial charge is 0.234 e. The fraction of sp³-hybridized carbons (Fsp3) is 0.333. The molecule has 2 atom stereocenters. The van der Waals surface area contributed by atoms with E-state index in [1.807, 2.05) is 28.5 Å². The predicted molar refractivity (Wildman–Crippen MR) is 95.8 cm³/mol. The molecular formula is C18H18F2N4OS. The number of nitrogens with zero attached hydrogens (tertiary/aromatic N) is 2. The van der Waals surface area contributed by atoms with Gasteiger partial charge >= 0.3 is 0 Å². The highest BCUT2D eigenvalue weighted by molar-refractivity contribution is 7.09. The summed E-state index contributed by atoms with van der Waals surface area (Å²) < 4.78 is 26.9. The van der Waals surface area contributed by atoms with Gasteiger partial charge in [-0.1, -0.05) is 6.07 Å². The maximum atomic E-state index is 13.6. The number of carbonyl (C=O) groups excluding carboxylic acids is 1. The molecule has 0 aliphatic carbocycles. The maximum Gasteiger partial charge on any atom is 0.234 e. The van der Waals surface area contributed by atoms with Gasteiger partial charge in [0.1, 0.15) is 6.07 Å². The third-order valence-electron chi connectivity index (χ3n) is 4.45. The average Bonchev–Trinajstić information content (AvgIpc) is 3.28. The molecule has 1 amide bonds. The molecule has 0 bridgehead atoms. The van der Waals surface area contributed by atoms with Gasteiger partial charge in [-0.25, -0.2) is 8.78 Å². The first-order chi connectivity index (χ1) is 12.5. The summed E-state index contributed by atoms with van der Waals surface area (Å²) in [5.74, 6) is -2.45. The minimum absolute atomic E-state index is 0.0351. The Hall–Kier alpha value is -2.50. The van der Waals surface area contributed by atoms with Crippen LogP contribution >= 0.6 is 11.3 Å². The van der Waals surface area contributed by atoms with E-state index < -0.39 is 23.6 Å². The molecule has 136 valence electrons. The van der Waals surface area contributed by atoms with Crippen molar-refractivity contribution in [2.75, 3.05) is 18.0 Å². The Balaban J connectivity index is 1.69. The van der Waals surface area contributed by atoms with Crippen LogP contribution in [0.25, 0.3) is 0 Å². The Morgan fingerprint density at radius 1 is 1.46 bits per heavy atom. The van der Waals surface area contributed by atoms with E-state index in [2.05, 4.69) is 5.32 Å². The molecule has 0 saturated carbocycles. The van der Waals surface area contributed by atoms with Gasteiger partial charge in [-0.2, -0.15) is 5.26 Å². The molecule has 1 aromatic heterocycles. The molecule has 1 aliphatic rings. The molecular weight excluding hydrogens is 358 g/mol. The third kappa shape index (κ3) is 4.00. The van der Waals surface area contributed by atoms with Gasteiger partial charge in [-0.3, -0.25) is 4.79 Å². The first-order valence-corrected chi connectivity index (χ1v) is 9.07. The largest absolute Gasteiger partial charge is 0.369 e. The summed E-state index contributed by atoms with van der Waals surface area (Å²) in [5.41, 5.74) is 5.97. The van der Waals surface area contributed by atoms with Crippen LogP contribution in [0, 0.1) is 23.0 Å². The molecule has 0 unspecified atom stereocenters. The Labute approximate surface area is 154 Å². The van der Waals surface area contributed by atoms with Crippen molar-refractivity contribution in [1.82, 2.24) is 5.32 Å². The number of nitrogens with two attached hydrogens (primary N) is 1. The molecule has 1 aliphatic heterocycles. The maximum absolute atomic E-state index is 13.6. The van der Waals surface area contributed by atoms with Crippen LogP contribution in [0.2, 0.25) is 0 Å². The lowest BCUT2D eigenvalue weighted by Crippen LogP contribution is -2.48. The van der Waals surface area contributed by atoms with Gasteiger partial charge in [-0.15, -0.1) is 11.3 Å². The molecule has 3 rings (SSSR count). The lowest BCUT2D eigenvalue weighted by molar-refractivity contribution is -0.120.